The first-order valence-electron chi connectivity index (χ1n) is 12.7. The summed E-state index contributed by atoms with van der Waals surface area (Å²) in [5, 5.41) is 11.5. The number of hydrogen-bond donors (Lipinski definition) is 2. The van der Waals surface area contributed by atoms with Gasteiger partial charge in [0.2, 0.25) is 0 Å². The first kappa shape index (κ1) is 25.5. The summed E-state index contributed by atoms with van der Waals surface area (Å²) in [7, 11) is 0. The summed E-state index contributed by atoms with van der Waals surface area (Å²) >= 11 is 3.58. The van der Waals surface area contributed by atoms with Gasteiger partial charge in [0, 0.05) is 27.4 Å². The van der Waals surface area contributed by atoms with Crippen LogP contribution in [0, 0.1) is 0 Å². The number of aromatic nitrogens is 1. The number of H-pyrrole nitrogens is 1. The average Bonchev–Trinajstić information content (AvgIpc) is 3.64. The van der Waals surface area contributed by atoms with Crippen LogP contribution < -0.4 is 11.0 Å². The van der Waals surface area contributed by atoms with Crippen molar-refractivity contribution in [2.75, 3.05) is 6.54 Å². The minimum atomic E-state index is -0.339. The lowest BCUT2D eigenvalue weighted by molar-refractivity contribution is -0.122. The van der Waals surface area contributed by atoms with Crippen molar-refractivity contribution >= 4 is 44.7 Å². The van der Waals surface area contributed by atoms with Gasteiger partial charge < -0.3 is 9.40 Å². The fourth-order valence-corrected chi connectivity index (χ4v) is 5.34. The van der Waals surface area contributed by atoms with E-state index >= 15 is 0 Å². The zero-order valence-corrected chi connectivity index (χ0v) is 22.8. The molecule has 1 atom stereocenters. The first-order valence-corrected chi connectivity index (χ1v) is 13.5. The number of hydrogen-bond acceptors (Lipinski definition) is 6. The second-order valence-corrected chi connectivity index (χ2v) is 10.3. The number of carbonyl (C=O) groups excluding carboxylic acids is 1. The second kappa shape index (κ2) is 11.2. The van der Waals surface area contributed by atoms with Crippen LogP contribution in [0.5, 0.6) is 0 Å². The van der Waals surface area contributed by atoms with Crippen molar-refractivity contribution in [3.8, 4) is 11.1 Å². The minimum Gasteiger partial charge on any atom is -0.463 e. The van der Waals surface area contributed by atoms with Crippen LogP contribution in [0.15, 0.2) is 121 Å². The van der Waals surface area contributed by atoms with Crippen molar-refractivity contribution in [1.82, 2.24) is 15.4 Å². The Morgan fingerprint density at radius 3 is 2.58 bits per heavy atom. The molecular formula is C31H24BrN5O3. The zero-order chi connectivity index (χ0) is 27.5. The molecule has 0 aliphatic carbocycles. The van der Waals surface area contributed by atoms with Gasteiger partial charge in [0.1, 0.15) is 12.3 Å². The van der Waals surface area contributed by atoms with Gasteiger partial charge in [0.25, 0.3) is 11.5 Å². The van der Waals surface area contributed by atoms with Crippen molar-refractivity contribution < 1.29 is 9.21 Å². The summed E-state index contributed by atoms with van der Waals surface area (Å²) in [6.45, 7) is -0.0454. The van der Waals surface area contributed by atoms with Crippen LogP contribution >= 0.6 is 15.9 Å². The molecule has 0 fully saturated rings. The van der Waals surface area contributed by atoms with Crippen molar-refractivity contribution in [3.05, 3.63) is 129 Å². The molecule has 2 N–H and O–H groups in total. The minimum absolute atomic E-state index is 0.0454. The molecule has 40 heavy (non-hydrogen) atoms. The number of aromatic amines is 1. The third-order valence-electron chi connectivity index (χ3n) is 6.74. The molecule has 1 aliphatic heterocycles. The summed E-state index contributed by atoms with van der Waals surface area (Å²) in [6, 6.07) is 28.7. The van der Waals surface area contributed by atoms with E-state index in [1.54, 1.807) is 17.1 Å². The maximum absolute atomic E-state index is 13.7. The smallest absolute Gasteiger partial charge is 0.261 e. The molecule has 0 saturated carbocycles. The predicted molar refractivity (Wildman–Crippen MR) is 159 cm³/mol. The highest BCUT2D eigenvalue weighted by molar-refractivity contribution is 9.10. The van der Waals surface area contributed by atoms with Crippen LogP contribution in [0.4, 0.5) is 0 Å². The van der Waals surface area contributed by atoms with Gasteiger partial charge in [-0.1, -0.05) is 76.6 Å². The maximum atomic E-state index is 13.7. The highest BCUT2D eigenvalue weighted by Gasteiger charge is 2.33. The van der Waals surface area contributed by atoms with E-state index in [1.807, 2.05) is 78.9 Å². The largest absolute Gasteiger partial charge is 0.463 e. The molecule has 0 saturated heterocycles. The third kappa shape index (κ3) is 5.23. The summed E-state index contributed by atoms with van der Waals surface area (Å²) < 4.78 is 6.12. The lowest BCUT2D eigenvalue weighted by Crippen LogP contribution is -2.32. The van der Waals surface area contributed by atoms with Crippen molar-refractivity contribution in [1.29, 1.82) is 0 Å². The molecule has 6 rings (SSSR count). The van der Waals surface area contributed by atoms with Crippen molar-refractivity contribution in [2.24, 2.45) is 10.2 Å². The molecule has 8 nitrogen and oxygen atoms in total. The Kier molecular flexibility index (Phi) is 7.11. The summed E-state index contributed by atoms with van der Waals surface area (Å²) in [5.74, 6) is 0.188. The van der Waals surface area contributed by atoms with Gasteiger partial charge in [-0.3, -0.25) is 14.6 Å². The van der Waals surface area contributed by atoms with E-state index in [-0.39, 0.29) is 24.1 Å². The van der Waals surface area contributed by atoms with Crippen LogP contribution in [-0.2, 0) is 4.79 Å². The summed E-state index contributed by atoms with van der Waals surface area (Å²) in [4.78, 5) is 29.6. The van der Waals surface area contributed by atoms with Gasteiger partial charge in [0.05, 0.1) is 29.8 Å². The number of nitrogens with zero attached hydrogens (tertiary/aromatic N) is 3. The molecule has 0 radical (unpaired) electrons. The van der Waals surface area contributed by atoms with Gasteiger partial charge in [-0.05, 0) is 41.5 Å². The normalized spacial score (nSPS) is 15.1. The van der Waals surface area contributed by atoms with Crippen LogP contribution in [0.2, 0.25) is 0 Å². The molecule has 3 heterocycles. The Morgan fingerprint density at radius 1 is 1.05 bits per heavy atom. The molecule has 9 heteroatoms. The highest BCUT2D eigenvalue weighted by Crippen LogP contribution is 2.37. The fourth-order valence-electron chi connectivity index (χ4n) is 4.98. The van der Waals surface area contributed by atoms with Gasteiger partial charge in [-0.15, -0.1) is 0 Å². The second-order valence-electron chi connectivity index (χ2n) is 9.34. The number of benzene rings is 3. The van der Waals surface area contributed by atoms with E-state index in [4.69, 9.17) is 9.52 Å². The maximum Gasteiger partial charge on any atom is 0.261 e. The van der Waals surface area contributed by atoms with Crippen LogP contribution in [0.3, 0.4) is 0 Å². The average molecular weight is 594 g/mol. The Balaban J connectivity index is 1.41. The van der Waals surface area contributed by atoms with Crippen LogP contribution in [-0.4, -0.2) is 34.4 Å². The molecule has 1 unspecified atom stereocenters. The van der Waals surface area contributed by atoms with E-state index in [0.717, 1.165) is 32.1 Å². The van der Waals surface area contributed by atoms with Crippen LogP contribution in [0.25, 0.3) is 22.0 Å². The number of rotatable bonds is 7. The van der Waals surface area contributed by atoms with Gasteiger partial charge >= 0.3 is 0 Å². The lowest BCUT2D eigenvalue weighted by atomic mass is 9.91. The number of fused-ring (bicyclic) bond motifs is 1. The molecule has 3 aromatic carbocycles. The number of carbonyl (C=O) groups is 1. The zero-order valence-electron chi connectivity index (χ0n) is 21.3. The van der Waals surface area contributed by atoms with Gasteiger partial charge in [-0.25, -0.2) is 5.43 Å². The number of amides is 1. The monoisotopic (exact) mass is 593 g/mol. The van der Waals surface area contributed by atoms with E-state index in [2.05, 4.69) is 31.4 Å². The van der Waals surface area contributed by atoms with Crippen molar-refractivity contribution in [2.45, 2.75) is 12.5 Å². The Bertz CT molecular complexity index is 1780. The standard InChI is InChI=1S/C31H24BrN5O3/c32-22-13-14-25-24(16-22)29(21-10-5-2-6-11-21)30(31(39)34-25)26-17-27(20-8-3-1-4-9-20)37(36-26)19-28(38)35-33-18-23-12-7-15-40-23/h1-16,18,27H,17,19H2,(H,34,39)(H,35,38). The first-order chi connectivity index (χ1) is 19.6. The lowest BCUT2D eigenvalue weighted by Gasteiger charge is -2.22. The number of furan rings is 1. The number of pyridine rings is 1. The topological polar surface area (TPSA) is 103 Å². The molecule has 0 bridgehead atoms. The van der Waals surface area contributed by atoms with Gasteiger partial charge in [0.15, 0.2) is 0 Å². The van der Waals surface area contributed by atoms with E-state index in [9.17, 15) is 9.59 Å². The van der Waals surface area contributed by atoms with Crippen molar-refractivity contribution in [3.63, 3.8) is 0 Å². The quantitative estimate of drug-likeness (QED) is 0.182. The number of halogens is 1. The molecule has 198 valence electrons. The predicted octanol–water partition coefficient (Wildman–Crippen LogP) is 5.85. The number of nitrogens with one attached hydrogen (secondary N) is 2. The SMILES string of the molecule is O=C(CN1N=C(c2c(-c3ccccc3)c3cc(Br)ccc3[nH]c2=O)CC1c1ccccc1)NN=Cc1ccco1. The Hall–Kier alpha value is -4.76. The van der Waals surface area contributed by atoms with E-state index in [0.29, 0.717) is 23.5 Å². The summed E-state index contributed by atoms with van der Waals surface area (Å²) in [6.07, 6.45) is 3.42. The summed E-state index contributed by atoms with van der Waals surface area (Å²) in [5.41, 5.74) is 6.87. The molecule has 1 aliphatic rings. The molecule has 5 aromatic rings. The Labute approximate surface area is 238 Å². The fraction of sp³-hybridized carbons (Fsp3) is 0.0968. The molecule has 1 amide bonds. The molecule has 0 spiro atoms. The molecular weight excluding hydrogens is 570 g/mol. The molecule has 2 aromatic heterocycles. The van der Waals surface area contributed by atoms with Crippen LogP contribution in [0.1, 0.15) is 29.3 Å². The number of hydrazone groups is 2. The third-order valence-corrected chi connectivity index (χ3v) is 7.23. The van der Waals surface area contributed by atoms with Gasteiger partial charge in [-0.2, -0.15) is 10.2 Å². The highest BCUT2D eigenvalue weighted by atomic mass is 79.9. The van der Waals surface area contributed by atoms with E-state index < -0.39 is 0 Å². The van der Waals surface area contributed by atoms with E-state index in [1.165, 1.54) is 12.5 Å². The Morgan fingerprint density at radius 2 is 1.82 bits per heavy atom.